The first-order chi connectivity index (χ1) is 17.0. The predicted octanol–water partition coefficient (Wildman–Crippen LogP) is 3.85. The average molecular weight is 489 g/mol. The van der Waals surface area contributed by atoms with Crippen LogP contribution in [0.5, 0.6) is 0 Å². The molecule has 2 aliphatic heterocycles. The lowest BCUT2D eigenvalue weighted by Crippen LogP contribution is -2.48. The lowest BCUT2D eigenvalue weighted by atomic mass is 9.79. The molecule has 2 saturated heterocycles. The van der Waals surface area contributed by atoms with E-state index in [1.807, 2.05) is 18.2 Å². The Kier molecular flexibility index (Phi) is 6.79. The number of hydrogen-bond donors (Lipinski definition) is 2. The Balaban J connectivity index is 1.19. The fourth-order valence-corrected chi connectivity index (χ4v) is 5.56. The molecule has 0 radical (unpaired) electrons. The number of hydrogen-bond acceptors (Lipinski definition) is 8. The number of aromatic nitrogens is 3. The Morgan fingerprint density at radius 2 is 1.89 bits per heavy atom. The minimum absolute atomic E-state index is 0.354. The normalized spacial score (nSPS) is 23.8. The van der Waals surface area contributed by atoms with Gasteiger partial charge in [-0.2, -0.15) is 0 Å². The van der Waals surface area contributed by atoms with Crippen LogP contribution in [-0.4, -0.2) is 45.7 Å². The number of carbonyl (C=O) groups is 2. The van der Waals surface area contributed by atoms with Crippen molar-refractivity contribution in [1.29, 1.82) is 0 Å². The second-order valence-corrected chi connectivity index (χ2v) is 10.3. The zero-order valence-corrected chi connectivity index (χ0v) is 20.6. The van der Waals surface area contributed by atoms with Crippen molar-refractivity contribution in [2.45, 2.75) is 20.4 Å². The minimum atomic E-state index is -0.380. The summed E-state index contributed by atoms with van der Waals surface area (Å²) in [5, 5.41) is 6.69. The van der Waals surface area contributed by atoms with E-state index in [0.29, 0.717) is 34.3 Å². The number of fused-ring (bicyclic) bond motifs is 1. The summed E-state index contributed by atoms with van der Waals surface area (Å²) in [7, 11) is 0. The molecule has 0 saturated carbocycles. The van der Waals surface area contributed by atoms with Crippen molar-refractivity contribution in [3.63, 3.8) is 0 Å². The third-order valence-electron chi connectivity index (χ3n) is 6.69. The van der Waals surface area contributed by atoms with Gasteiger partial charge in [0.25, 0.3) is 11.1 Å². The van der Waals surface area contributed by atoms with Gasteiger partial charge in [0.15, 0.2) is 0 Å². The second kappa shape index (κ2) is 10.1. The molecule has 1 unspecified atom stereocenters. The first-order valence-electron chi connectivity index (χ1n) is 11.8. The van der Waals surface area contributed by atoms with Crippen LogP contribution in [0.15, 0.2) is 53.6 Å². The first kappa shape index (κ1) is 23.4. The molecule has 0 spiro atoms. The number of nitrogens with one attached hydrogen (secondary N) is 2. The number of anilines is 1. The molecule has 3 atom stereocenters. The highest BCUT2D eigenvalue weighted by Crippen LogP contribution is 2.30. The monoisotopic (exact) mass is 488 g/mol. The number of amides is 2. The summed E-state index contributed by atoms with van der Waals surface area (Å²) >= 11 is 0.893. The van der Waals surface area contributed by atoms with E-state index in [9.17, 15) is 9.59 Å². The summed E-state index contributed by atoms with van der Waals surface area (Å²) in [5.74, 6) is 1.71. The fourth-order valence-electron chi connectivity index (χ4n) is 4.89. The van der Waals surface area contributed by atoms with E-state index in [4.69, 9.17) is 4.98 Å². The van der Waals surface area contributed by atoms with Crippen molar-refractivity contribution in [2.24, 2.45) is 17.8 Å². The number of nitrogens with zero attached hydrogens (tertiary/aromatic N) is 4. The van der Waals surface area contributed by atoms with E-state index in [1.54, 1.807) is 18.3 Å². The maximum Gasteiger partial charge on any atom is 0.290 e. The van der Waals surface area contributed by atoms with Crippen molar-refractivity contribution in [1.82, 2.24) is 25.6 Å². The lowest BCUT2D eigenvalue weighted by molar-refractivity contribution is -0.115. The highest BCUT2D eigenvalue weighted by atomic mass is 32.2. The van der Waals surface area contributed by atoms with Crippen LogP contribution in [0.3, 0.4) is 0 Å². The Hall–Kier alpha value is -3.30. The number of para-hydroxylation sites is 1. The topological polar surface area (TPSA) is 100 Å². The van der Waals surface area contributed by atoms with Crippen molar-refractivity contribution in [2.75, 3.05) is 24.5 Å². The van der Waals surface area contributed by atoms with E-state index < -0.39 is 0 Å². The number of thioether (sulfide) groups is 1. The van der Waals surface area contributed by atoms with Gasteiger partial charge >= 0.3 is 0 Å². The van der Waals surface area contributed by atoms with E-state index in [0.717, 1.165) is 54.5 Å². The molecule has 9 heteroatoms. The van der Waals surface area contributed by atoms with Gasteiger partial charge in [-0.05, 0) is 60.3 Å². The van der Waals surface area contributed by atoms with Crippen LogP contribution in [0, 0.1) is 17.8 Å². The Labute approximate surface area is 208 Å². The number of pyridine rings is 1. The molecule has 2 fully saturated rings. The minimum Gasteiger partial charge on any atom is -0.340 e. The van der Waals surface area contributed by atoms with Crippen LogP contribution in [-0.2, 0) is 11.3 Å². The fraction of sp³-hybridized carbons (Fsp3) is 0.346. The van der Waals surface area contributed by atoms with Gasteiger partial charge in [-0.25, -0.2) is 9.97 Å². The molecule has 4 heterocycles. The smallest absolute Gasteiger partial charge is 0.290 e. The largest absolute Gasteiger partial charge is 0.340 e. The average Bonchev–Trinajstić information content (AvgIpc) is 3.17. The highest BCUT2D eigenvalue weighted by molar-refractivity contribution is 8.18. The number of benzene rings is 1. The maximum absolute atomic E-state index is 11.8. The molecule has 5 rings (SSSR count). The van der Waals surface area contributed by atoms with Gasteiger partial charge in [0.05, 0.1) is 21.8 Å². The van der Waals surface area contributed by atoms with Gasteiger partial charge in [0.1, 0.15) is 0 Å². The molecule has 2 aromatic heterocycles. The quantitative estimate of drug-likeness (QED) is 0.505. The van der Waals surface area contributed by atoms with Crippen LogP contribution >= 0.6 is 11.8 Å². The molecular weight excluding hydrogens is 460 g/mol. The summed E-state index contributed by atoms with van der Waals surface area (Å²) < 4.78 is 0. The van der Waals surface area contributed by atoms with Crippen LogP contribution in [0.4, 0.5) is 10.7 Å². The Bertz CT molecular complexity index is 1280. The maximum atomic E-state index is 11.8. The molecule has 180 valence electrons. The van der Waals surface area contributed by atoms with Crippen LogP contribution < -0.4 is 15.5 Å². The number of imide groups is 1. The summed E-state index contributed by atoms with van der Waals surface area (Å²) in [6.07, 6.45) is 3.34. The highest BCUT2D eigenvalue weighted by Gasteiger charge is 2.33. The predicted molar refractivity (Wildman–Crippen MR) is 139 cm³/mol. The SMILES string of the molecule is C[C@@H]1CN(c2nccc(/C=C3\SC(=O)NC3=O)n2)C[C@H](C)C1CNCc1ccc2ccccc2n1. The molecule has 0 bridgehead atoms. The van der Waals surface area contributed by atoms with Crippen LogP contribution in [0.1, 0.15) is 25.2 Å². The van der Waals surface area contributed by atoms with E-state index in [-0.39, 0.29) is 11.1 Å². The number of piperidine rings is 1. The molecule has 1 aromatic carbocycles. The van der Waals surface area contributed by atoms with Gasteiger partial charge in [-0.1, -0.05) is 38.1 Å². The zero-order chi connectivity index (χ0) is 24.4. The molecule has 3 aromatic rings. The van der Waals surface area contributed by atoms with Crippen molar-refractivity contribution in [3.8, 4) is 0 Å². The van der Waals surface area contributed by atoms with Crippen molar-refractivity contribution < 1.29 is 9.59 Å². The van der Waals surface area contributed by atoms with Gasteiger partial charge in [-0.15, -0.1) is 0 Å². The second-order valence-electron chi connectivity index (χ2n) is 9.28. The number of carbonyl (C=O) groups excluding carboxylic acids is 2. The molecular formula is C26H28N6O2S. The van der Waals surface area contributed by atoms with E-state index in [2.05, 4.69) is 57.5 Å². The standard InChI is InChI=1S/C26H28N6O2S/c1-16-14-32(25-28-10-9-19(30-25)11-23-24(33)31-26(34)35-23)15-17(2)21(16)13-27-12-20-8-7-18-5-3-4-6-22(18)29-20/h3-11,16-17,21,27H,12-15H2,1-2H3,(H,31,33,34)/b23-11-/t16-,17+,21?. The first-order valence-corrected chi connectivity index (χ1v) is 12.7. The molecule has 2 amide bonds. The van der Waals surface area contributed by atoms with Crippen LogP contribution in [0.25, 0.3) is 17.0 Å². The van der Waals surface area contributed by atoms with E-state index >= 15 is 0 Å². The molecule has 2 N–H and O–H groups in total. The van der Waals surface area contributed by atoms with E-state index in [1.165, 1.54) is 0 Å². The Morgan fingerprint density at radius 3 is 2.66 bits per heavy atom. The third kappa shape index (κ3) is 5.36. The molecule has 8 nitrogen and oxygen atoms in total. The summed E-state index contributed by atoms with van der Waals surface area (Å²) in [6.45, 7) is 7.95. The summed E-state index contributed by atoms with van der Waals surface area (Å²) in [4.78, 5) is 39.7. The molecule has 35 heavy (non-hydrogen) atoms. The Morgan fingerprint density at radius 1 is 1.09 bits per heavy atom. The molecule has 0 aliphatic carbocycles. The van der Waals surface area contributed by atoms with Crippen LogP contribution in [0.2, 0.25) is 0 Å². The zero-order valence-electron chi connectivity index (χ0n) is 19.8. The summed E-state index contributed by atoms with van der Waals surface area (Å²) in [5.41, 5.74) is 2.70. The summed E-state index contributed by atoms with van der Waals surface area (Å²) in [6, 6.07) is 14.1. The van der Waals surface area contributed by atoms with Gasteiger partial charge in [0.2, 0.25) is 5.95 Å². The van der Waals surface area contributed by atoms with Crippen molar-refractivity contribution in [3.05, 3.63) is 65.0 Å². The van der Waals surface area contributed by atoms with Gasteiger partial charge in [0, 0.05) is 31.2 Å². The van der Waals surface area contributed by atoms with Gasteiger partial charge < -0.3 is 10.2 Å². The van der Waals surface area contributed by atoms with Crippen molar-refractivity contribution >= 4 is 45.8 Å². The third-order valence-corrected chi connectivity index (χ3v) is 7.50. The number of rotatable bonds is 6. The molecule has 2 aliphatic rings. The lowest BCUT2D eigenvalue weighted by Gasteiger charge is -2.41. The van der Waals surface area contributed by atoms with Gasteiger partial charge in [-0.3, -0.25) is 19.9 Å².